The van der Waals surface area contributed by atoms with E-state index in [-0.39, 0.29) is 23.5 Å². The van der Waals surface area contributed by atoms with Gasteiger partial charge >= 0.3 is 6.03 Å². The number of aromatic nitrogens is 1. The first kappa shape index (κ1) is 16.1. The van der Waals surface area contributed by atoms with E-state index in [1.54, 1.807) is 0 Å². The number of ether oxygens (including phenoxy) is 1. The Hall–Kier alpha value is -2.31. The van der Waals surface area contributed by atoms with Crippen LogP contribution in [0.5, 0.6) is 5.88 Å². The van der Waals surface area contributed by atoms with Gasteiger partial charge in [0, 0.05) is 6.04 Å². The van der Waals surface area contributed by atoms with Crippen molar-refractivity contribution in [3.05, 3.63) is 17.8 Å². The molecule has 1 aromatic rings. The van der Waals surface area contributed by atoms with Crippen LogP contribution in [0.1, 0.15) is 48.9 Å². The zero-order valence-electron chi connectivity index (χ0n) is 12.7. The number of carbonyl (C=O) groups is 2. The standard InChI is InChI=1S/C15H22N4O3/c1-22-14-12(13(16)20)8-11(9-17-14)19-15(21)18-10-6-4-2-3-5-7-10/h8-10H,2-7H2,1H3,(H2,16,20)(H2,18,19,21). The number of pyridine rings is 1. The molecule has 0 atom stereocenters. The van der Waals surface area contributed by atoms with Gasteiger partial charge in [-0.05, 0) is 18.9 Å². The summed E-state index contributed by atoms with van der Waals surface area (Å²) in [7, 11) is 1.40. The van der Waals surface area contributed by atoms with Crippen molar-refractivity contribution in [1.29, 1.82) is 0 Å². The van der Waals surface area contributed by atoms with Gasteiger partial charge in [-0.15, -0.1) is 0 Å². The summed E-state index contributed by atoms with van der Waals surface area (Å²) in [6.45, 7) is 0. The lowest BCUT2D eigenvalue weighted by Gasteiger charge is -2.17. The van der Waals surface area contributed by atoms with E-state index in [1.807, 2.05) is 0 Å². The summed E-state index contributed by atoms with van der Waals surface area (Å²) in [4.78, 5) is 27.3. The highest BCUT2D eigenvalue weighted by molar-refractivity contribution is 5.97. The number of carbonyl (C=O) groups excluding carboxylic acids is 2. The van der Waals surface area contributed by atoms with E-state index in [4.69, 9.17) is 10.5 Å². The van der Waals surface area contributed by atoms with Crippen molar-refractivity contribution in [2.75, 3.05) is 12.4 Å². The lowest BCUT2D eigenvalue weighted by molar-refractivity contribution is 0.0996. The van der Waals surface area contributed by atoms with E-state index < -0.39 is 5.91 Å². The number of anilines is 1. The van der Waals surface area contributed by atoms with Gasteiger partial charge in [0.25, 0.3) is 5.91 Å². The molecule has 1 aliphatic carbocycles. The van der Waals surface area contributed by atoms with E-state index in [1.165, 1.54) is 32.2 Å². The quantitative estimate of drug-likeness (QED) is 0.740. The smallest absolute Gasteiger partial charge is 0.319 e. The second-order valence-corrected chi connectivity index (χ2v) is 5.43. The SMILES string of the molecule is COc1ncc(NC(=O)NC2CCCCCC2)cc1C(N)=O. The summed E-state index contributed by atoms with van der Waals surface area (Å²) < 4.78 is 4.96. The Kier molecular flexibility index (Phi) is 5.57. The maximum absolute atomic E-state index is 12.0. The number of nitrogens with two attached hydrogens (primary N) is 1. The highest BCUT2D eigenvalue weighted by atomic mass is 16.5. The minimum atomic E-state index is -0.655. The Bertz CT molecular complexity index is 540. The normalized spacial score (nSPS) is 15.7. The topological polar surface area (TPSA) is 106 Å². The lowest BCUT2D eigenvalue weighted by Crippen LogP contribution is -2.37. The molecule has 0 radical (unpaired) electrons. The Balaban J connectivity index is 1.98. The van der Waals surface area contributed by atoms with Crippen molar-refractivity contribution in [1.82, 2.24) is 10.3 Å². The number of primary amides is 1. The molecule has 0 spiro atoms. The van der Waals surface area contributed by atoms with Crippen molar-refractivity contribution >= 4 is 17.6 Å². The van der Waals surface area contributed by atoms with E-state index in [9.17, 15) is 9.59 Å². The van der Waals surface area contributed by atoms with Crippen LogP contribution in [-0.2, 0) is 0 Å². The van der Waals surface area contributed by atoms with E-state index in [2.05, 4.69) is 15.6 Å². The second-order valence-electron chi connectivity index (χ2n) is 5.43. The fourth-order valence-corrected chi connectivity index (χ4v) is 2.64. The van der Waals surface area contributed by atoms with Crippen molar-refractivity contribution < 1.29 is 14.3 Å². The van der Waals surface area contributed by atoms with Gasteiger partial charge in [-0.2, -0.15) is 0 Å². The molecule has 22 heavy (non-hydrogen) atoms. The first-order chi connectivity index (χ1) is 10.6. The third-order valence-electron chi connectivity index (χ3n) is 3.76. The molecule has 120 valence electrons. The summed E-state index contributed by atoms with van der Waals surface area (Å²) in [5, 5.41) is 5.64. The van der Waals surface area contributed by atoms with Crippen LogP contribution in [0.3, 0.4) is 0 Å². The van der Waals surface area contributed by atoms with Gasteiger partial charge in [0.15, 0.2) is 0 Å². The number of nitrogens with one attached hydrogen (secondary N) is 2. The van der Waals surface area contributed by atoms with Crippen LogP contribution in [0.25, 0.3) is 0 Å². The average Bonchev–Trinajstić information content (AvgIpc) is 2.75. The number of rotatable bonds is 4. The Morgan fingerprint density at radius 3 is 2.55 bits per heavy atom. The molecule has 1 heterocycles. The zero-order valence-corrected chi connectivity index (χ0v) is 12.7. The van der Waals surface area contributed by atoms with Crippen LogP contribution >= 0.6 is 0 Å². The van der Waals surface area contributed by atoms with Gasteiger partial charge in [-0.1, -0.05) is 25.7 Å². The van der Waals surface area contributed by atoms with Crippen LogP contribution < -0.4 is 21.1 Å². The molecule has 0 unspecified atom stereocenters. The summed E-state index contributed by atoms with van der Waals surface area (Å²) in [6.07, 6.45) is 8.16. The fraction of sp³-hybridized carbons (Fsp3) is 0.533. The Labute approximate surface area is 129 Å². The van der Waals surface area contributed by atoms with Crippen LogP contribution in [0.15, 0.2) is 12.3 Å². The van der Waals surface area contributed by atoms with Crippen LogP contribution in [0, 0.1) is 0 Å². The van der Waals surface area contributed by atoms with Gasteiger partial charge in [0.2, 0.25) is 5.88 Å². The molecule has 2 rings (SSSR count). The minimum absolute atomic E-state index is 0.134. The lowest BCUT2D eigenvalue weighted by atomic mass is 10.1. The summed E-state index contributed by atoms with van der Waals surface area (Å²) in [5.74, 6) is -0.514. The van der Waals surface area contributed by atoms with Crippen molar-refractivity contribution in [3.8, 4) is 5.88 Å². The average molecular weight is 306 g/mol. The number of urea groups is 1. The largest absolute Gasteiger partial charge is 0.480 e. The van der Waals surface area contributed by atoms with E-state index >= 15 is 0 Å². The van der Waals surface area contributed by atoms with Crippen molar-refractivity contribution in [2.45, 2.75) is 44.6 Å². The highest BCUT2D eigenvalue weighted by Crippen LogP contribution is 2.19. The van der Waals surface area contributed by atoms with Crippen LogP contribution in [0.4, 0.5) is 10.5 Å². The summed E-state index contributed by atoms with van der Waals surface area (Å²) in [5.41, 5.74) is 5.81. The van der Waals surface area contributed by atoms with Crippen LogP contribution in [-0.4, -0.2) is 30.1 Å². The third kappa shape index (κ3) is 4.34. The van der Waals surface area contributed by atoms with Gasteiger partial charge in [0.05, 0.1) is 19.0 Å². The Morgan fingerprint density at radius 1 is 1.27 bits per heavy atom. The van der Waals surface area contributed by atoms with Gasteiger partial charge < -0.3 is 21.1 Å². The third-order valence-corrected chi connectivity index (χ3v) is 3.76. The molecule has 7 nitrogen and oxygen atoms in total. The highest BCUT2D eigenvalue weighted by Gasteiger charge is 2.16. The van der Waals surface area contributed by atoms with Gasteiger partial charge in [-0.3, -0.25) is 4.79 Å². The maximum atomic E-state index is 12.0. The number of amides is 3. The fourth-order valence-electron chi connectivity index (χ4n) is 2.64. The molecule has 7 heteroatoms. The molecular formula is C15H22N4O3. The number of methoxy groups -OCH3 is 1. The maximum Gasteiger partial charge on any atom is 0.319 e. The minimum Gasteiger partial charge on any atom is -0.480 e. The molecule has 4 N–H and O–H groups in total. The molecule has 1 aliphatic rings. The van der Waals surface area contributed by atoms with Crippen molar-refractivity contribution in [3.63, 3.8) is 0 Å². The summed E-state index contributed by atoms with van der Waals surface area (Å²) >= 11 is 0. The van der Waals surface area contributed by atoms with Crippen molar-refractivity contribution in [2.24, 2.45) is 5.73 Å². The molecular weight excluding hydrogens is 284 g/mol. The number of hydrogen-bond donors (Lipinski definition) is 3. The molecule has 1 fully saturated rings. The number of nitrogens with zero attached hydrogens (tertiary/aromatic N) is 1. The molecule has 0 aliphatic heterocycles. The molecule has 0 aromatic carbocycles. The first-order valence-electron chi connectivity index (χ1n) is 7.51. The van der Waals surface area contributed by atoms with Gasteiger partial charge in [-0.25, -0.2) is 9.78 Å². The molecule has 1 saturated carbocycles. The predicted octanol–water partition coefficient (Wildman–Crippen LogP) is 2.03. The molecule has 3 amide bonds. The van der Waals surface area contributed by atoms with E-state index in [0.29, 0.717) is 5.69 Å². The monoisotopic (exact) mass is 306 g/mol. The zero-order chi connectivity index (χ0) is 15.9. The van der Waals surface area contributed by atoms with Gasteiger partial charge in [0.1, 0.15) is 5.56 Å². The molecule has 0 saturated heterocycles. The molecule has 1 aromatic heterocycles. The Morgan fingerprint density at radius 2 is 1.95 bits per heavy atom. The van der Waals surface area contributed by atoms with E-state index in [0.717, 1.165) is 25.7 Å². The second kappa shape index (κ2) is 7.63. The molecule has 0 bridgehead atoms. The first-order valence-corrected chi connectivity index (χ1v) is 7.51. The number of hydrogen-bond acceptors (Lipinski definition) is 4. The van der Waals surface area contributed by atoms with Crippen LogP contribution in [0.2, 0.25) is 0 Å². The summed E-state index contributed by atoms with van der Waals surface area (Å²) in [6, 6.07) is 1.36. The predicted molar refractivity (Wildman–Crippen MR) is 83.0 cm³/mol.